The Kier molecular flexibility index (Phi) is 6.92. The van der Waals surface area contributed by atoms with Gasteiger partial charge in [-0.2, -0.15) is 4.98 Å². The van der Waals surface area contributed by atoms with E-state index in [2.05, 4.69) is 12.2 Å². The number of benzene rings is 2. The van der Waals surface area contributed by atoms with Crippen molar-refractivity contribution in [1.29, 1.82) is 0 Å². The minimum atomic E-state index is -0.287. The molecule has 2 aromatic carbocycles. The lowest BCUT2D eigenvalue weighted by atomic mass is 9.85. The van der Waals surface area contributed by atoms with Crippen LogP contribution in [0.4, 0.5) is 5.95 Å². The zero-order valence-corrected chi connectivity index (χ0v) is 20.7. The summed E-state index contributed by atoms with van der Waals surface area (Å²) in [6.07, 6.45) is 4.53. The van der Waals surface area contributed by atoms with Crippen LogP contribution in [0.5, 0.6) is 5.75 Å². The van der Waals surface area contributed by atoms with Crippen LogP contribution < -0.4 is 10.1 Å². The van der Waals surface area contributed by atoms with E-state index in [0.29, 0.717) is 24.0 Å². The SMILES string of the molecule is CCCCSc1nc2n(n1)C(c1ccc(OCc3ccccc3Cl)cc1)C1=C(CCCC1=O)N2. The number of unbranched alkanes of at least 4 members (excludes halogenated alkanes) is 1. The second-order valence-electron chi connectivity index (χ2n) is 8.51. The Morgan fingerprint density at radius 3 is 2.79 bits per heavy atom. The number of hydrogen-bond donors (Lipinski definition) is 1. The maximum atomic E-state index is 13.0. The molecule has 0 saturated heterocycles. The van der Waals surface area contributed by atoms with Gasteiger partial charge in [0.05, 0.1) is 0 Å². The number of nitrogens with zero attached hydrogens (tertiary/aromatic N) is 3. The van der Waals surface area contributed by atoms with E-state index in [1.165, 1.54) is 0 Å². The molecule has 0 bridgehead atoms. The molecule has 1 aliphatic heterocycles. The van der Waals surface area contributed by atoms with Gasteiger partial charge in [-0.25, -0.2) is 4.68 Å². The highest BCUT2D eigenvalue weighted by molar-refractivity contribution is 7.99. The van der Waals surface area contributed by atoms with Crippen molar-refractivity contribution in [1.82, 2.24) is 14.8 Å². The van der Waals surface area contributed by atoms with Gasteiger partial charge in [-0.3, -0.25) is 4.79 Å². The summed E-state index contributed by atoms with van der Waals surface area (Å²) in [6, 6.07) is 15.3. The molecule has 1 unspecified atom stereocenters. The first-order chi connectivity index (χ1) is 16.6. The van der Waals surface area contributed by atoms with Crippen LogP contribution in [0.15, 0.2) is 65.0 Å². The van der Waals surface area contributed by atoms with Crippen LogP contribution in [0.25, 0.3) is 0 Å². The number of hydrogen-bond acceptors (Lipinski definition) is 6. The van der Waals surface area contributed by atoms with E-state index in [1.54, 1.807) is 11.8 Å². The first-order valence-electron chi connectivity index (χ1n) is 11.7. The van der Waals surface area contributed by atoms with Gasteiger partial charge >= 0.3 is 0 Å². The predicted octanol–water partition coefficient (Wildman–Crippen LogP) is 6.42. The van der Waals surface area contributed by atoms with E-state index < -0.39 is 0 Å². The van der Waals surface area contributed by atoms with Crippen molar-refractivity contribution in [2.75, 3.05) is 11.1 Å². The number of ether oxygens (including phenoxy) is 1. The summed E-state index contributed by atoms with van der Waals surface area (Å²) in [7, 11) is 0. The van der Waals surface area contributed by atoms with Gasteiger partial charge in [0.2, 0.25) is 11.1 Å². The molecule has 1 aliphatic carbocycles. The molecule has 34 heavy (non-hydrogen) atoms. The van der Waals surface area contributed by atoms with Gasteiger partial charge in [0.1, 0.15) is 18.4 Å². The van der Waals surface area contributed by atoms with Gasteiger partial charge in [0.15, 0.2) is 5.78 Å². The Morgan fingerprint density at radius 2 is 2.00 bits per heavy atom. The summed E-state index contributed by atoms with van der Waals surface area (Å²) in [5, 5.41) is 9.61. The summed E-state index contributed by atoms with van der Waals surface area (Å²) in [5.41, 5.74) is 3.71. The average molecular weight is 495 g/mol. The number of nitrogens with one attached hydrogen (secondary N) is 1. The molecule has 1 aromatic heterocycles. The zero-order chi connectivity index (χ0) is 23.5. The topological polar surface area (TPSA) is 69.0 Å². The minimum Gasteiger partial charge on any atom is -0.489 e. The third-order valence-corrected chi connectivity index (χ3v) is 7.42. The third kappa shape index (κ3) is 4.72. The van der Waals surface area contributed by atoms with Gasteiger partial charge in [0, 0.05) is 34.0 Å². The van der Waals surface area contributed by atoms with Crippen LogP contribution in [-0.2, 0) is 11.4 Å². The molecule has 8 heteroatoms. The summed E-state index contributed by atoms with van der Waals surface area (Å²) in [4.78, 5) is 17.7. The Balaban J connectivity index is 1.42. The van der Waals surface area contributed by atoms with Crippen LogP contribution in [0, 0.1) is 0 Å². The lowest BCUT2D eigenvalue weighted by molar-refractivity contribution is -0.116. The van der Waals surface area contributed by atoms with Crippen molar-refractivity contribution in [2.45, 2.75) is 56.8 Å². The van der Waals surface area contributed by atoms with Crippen molar-refractivity contribution >= 4 is 35.1 Å². The van der Waals surface area contributed by atoms with Crippen LogP contribution >= 0.6 is 23.4 Å². The average Bonchev–Trinajstić information content (AvgIpc) is 3.25. The Hall–Kier alpha value is -2.77. The molecular weight excluding hydrogens is 468 g/mol. The van der Waals surface area contributed by atoms with Crippen molar-refractivity contribution < 1.29 is 9.53 Å². The molecule has 0 fully saturated rings. The molecule has 0 spiro atoms. The molecule has 6 nitrogen and oxygen atoms in total. The van der Waals surface area contributed by atoms with Gasteiger partial charge in [-0.05, 0) is 43.0 Å². The number of rotatable bonds is 8. The second kappa shape index (κ2) is 10.2. The number of fused-ring (bicyclic) bond motifs is 1. The maximum Gasteiger partial charge on any atom is 0.227 e. The van der Waals surface area contributed by atoms with Crippen LogP contribution in [0.2, 0.25) is 5.02 Å². The molecule has 3 aromatic rings. The first-order valence-corrected chi connectivity index (χ1v) is 13.1. The van der Waals surface area contributed by atoms with Crippen LogP contribution in [0.3, 0.4) is 0 Å². The van der Waals surface area contributed by atoms with Crippen molar-refractivity contribution in [3.05, 3.63) is 76.0 Å². The van der Waals surface area contributed by atoms with Gasteiger partial charge < -0.3 is 10.1 Å². The number of ketones is 1. The third-order valence-electron chi connectivity index (χ3n) is 6.13. The monoisotopic (exact) mass is 494 g/mol. The summed E-state index contributed by atoms with van der Waals surface area (Å²) < 4.78 is 7.83. The molecular formula is C26H27ClN4O2S. The number of allylic oxidation sites excluding steroid dienone is 2. The van der Waals surface area contributed by atoms with E-state index >= 15 is 0 Å². The number of carbonyl (C=O) groups is 1. The zero-order valence-electron chi connectivity index (χ0n) is 19.1. The number of Topliss-reactive ketones (excluding diaryl/α,β-unsaturated/α-hetero) is 1. The number of halogens is 1. The highest BCUT2D eigenvalue weighted by Crippen LogP contribution is 2.41. The van der Waals surface area contributed by atoms with E-state index in [1.807, 2.05) is 53.2 Å². The fraction of sp³-hybridized carbons (Fsp3) is 0.346. The Morgan fingerprint density at radius 1 is 1.18 bits per heavy atom. The van der Waals surface area contributed by atoms with Crippen LogP contribution in [0.1, 0.15) is 56.2 Å². The summed E-state index contributed by atoms with van der Waals surface area (Å²) >= 11 is 7.91. The van der Waals surface area contributed by atoms with Gasteiger partial charge in [-0.15, -0.1) is 5.10 Å². The quantitative estimate of drug-likeness (QED) is 0.287. The Bertz CT molecular complexity index is 1220. The molecule has 0 amide bonds. The van der Waals surface area contributed by atoms with Crippen molar-refractivity contribution in [2.24, 2.45) is 0 Å². The van der Waals surface area contributed by atoms with E-state index in [0.717, 1.165) is 64.7 Å². The van der Waals surface area contributed by atoms with E-state index in [9.17, 15) is 4.79 Å². The van der Waals surface area contributed by atoms with Gasteiger partial charge in [-0.1, -0.05) is 67.0 Å². The smallest absolute Gasteiger partial charge is 0.227 e. The first kappa shape index (κ1) is 23.0. The number of anilines is 1. The maximum absolute atomic E-state index is 13.0. The highest BCUT2D eigenvalue weighted by Gasteiger charge is 2.36. The van der Waals surface area contributed by atoms with Crippen molar-refractivity contribution in [3.8, 4) is 5.75 Å². The molecule has 2 aliphatic rings. The van der Waals surface area contributed by atoms with E-state index in [-0.39, 0.29) is 11.8 Å². The minimum absolute atomic E-state index is 0.180. The molecule has 5 rings (SSSR count). The molecule has 2 heterocycles. The molecule has 1 atom stereocenters. The molecule has 0 saturated carbocycles. The highest BCUT2D eigenvalue weighted by atomic mass is 35.5. The normalized spacial score (nSPS) is 17.2. The molecule has 0 radical (unpaired) electrons. The second-order valence-corrected chi connectivity index (χ2v) is 9.98. The van der Waals surface area contributed by atoms with E-state index in [4.69, 9.17) is 26.4 Å². The fourth-order valence-corrected chi connectivity index (χ4v) is 5.44. The molecule has 176 valence electrons. The number of thioether (sulfide) groups is 1. The lowest BCUT2D eigenvalue weighted by Gasteiger charge is -2.32. The number of carbonyl (C=O) groups excluding carboxylic acids is 1. The Labute approximate surface area is 208 Å². The van der Waals surface area contributed by atoms with Gasteiger partial charge in [0.25, 0.3) is 0 Å². The predicted molar refractivity (Wildman–Crippen MR) is 136 cm³/mol. The standard InChI is InChI=1S/C26H27ClN4O2S/c1-2-3-15-34-26-29-25-28-21-9-6-10-22(32)23(21)24(31(25)30-26)17-11-13-19(14-12-17)33-16-18-7-4-5-8-20(18)27/h4-5,7-8,11-14,24H,2-3,6,9-10,15-16H2,1H3,(H,28,29,30). The summed E-state index contributed by atoms with van der Waals surface area (Å²) in [6.45, 7) is 2.57. The molecule has 1 N–H and O–H groups in total. The van der Waals surface area contributed by atoms with Crippen LogP contribution in [-0.4, -0.2) is 26.3 Å². The summed E-state index contributed by atoms with van der Waals surface area (Å²) in [5.74, 6) is 2.61. The largest absolute Gasteiger partial charge is 0.489 e. The fourth-order valence-electron chi connectivity index (χ4n) is 4.34. The lowest BCUT2D eigenvalue weighted by Crippen LogP contribution is -2.31. The van der Waals surface area contributed by atoms with Crippen molar-refractivity contribution in [3.63, 3.8) is 0 Å². The number of aromatic nitrogens is 3.